The second kappa shape index (κ2) is 6.57. The van der Waals surface area contributed by atoms with Gasteiger partial charge in [-0.05, 0) is 80.4 Å². The molecule has 0 spiro atoms. The van der Waals surface area contributed by atoms with Crippen molar-refractivity contribution in [2.75, 3.05) is 26.2 Å². The lowest BCUT2D eigenvalue weighted by Crippen LogP contribution is -2.45. The Morgan fingerprint density at radius 2 is 2.12 bits per heavy atom. The Morgan fingerprint density at radius 1 is 1.31 bits per heavy atom. The fraction of sp³-hybridized carbons (Fsp3) is 0.600. The van der Waals surface area contributed by atoms with Crippen molar-refractivity contribution in [2.45, 2.75) is 38.3 Å². The molecule has 6 heteroatoms. The summed E-state index contributed by atoms with van der Waals surface area (Å²) in [5, 5.41) is 0.750. The monoisotopic (exact) mass is 365 g/mol. The Bertz CT molecular complexity index is 795. The lowest BCUT2D eigenvalue weighted by Gasteiger charge is -2.44. The minimum Gasteiger partial charge on any atom is -0.358 e. The summed E-state index contributed by atoms with van der Waals surface area (Å²) in [4.78, 5) is 5.88. The van der Waals surface area contributed by atoms with E-state index < -0.39 is 11.7 Å². The number of hydrogen-bond acceptors (Lipinski definition) is 2. The fourth-order valence-electron chi connectivity index (χ4n) is 5.04. The first-order valence-electron chi connectivity index (χ1n) is 9.52. The number of nitrogens with two attached hydrogens (primary N) is 1. The van der Waals surface area contributed by atoms with Gasteiger partial charge in [0.05, 0.1) is 5.56 Å². The van der Waals surface area contributed by atoms with Gasteiger partial charge in [0.15, 0.2) is 0 Å². The number of halogens is 3. The molecule has 2 unspecified atom stereocenters. The minimum atomic E-state index is -4.30. The molecule has 1 aliphatic carbocycles. The number of H-pyrrole nitrogens is 1. The molecule has 0 amide bonds. The summed E-state index contributed by atoms with van der Waals surface area (Å²) in [5.41, 5.74) is 8.16. The van der Waals surface area contributed by atoms with Crippen LogP contribution in [0.15, 0.2) is 18.2 Å². The first kappa shape index (κ1) is 17.9. The number of nitrogens with zero attached hydrogens (tertiary/aromatic N) is 1. The van der Waals surface area contributed by atoms with Crippen molar-refractivity contribution in [3.8, 4) is 0 Å². The molecular weight excluding hydrogens is 339 g/mol. The third kappa shape index (κ3) is 3.03. The molecule has 1 saturated heterocycles. The molecular formula is C20H26F3N3. The van der Waals surface area contributed by atoms with Gasteiger partial charge in [0.2, 0.25) is 0 Å². The van der Waals surface area contributed by atoms with Gasteiger partial charge in [0, 0.05) is 23.1 Å². The van der Waals surface area contributed by atoms with Crippen molar-refractivity contribution in [3.05, 3.63) is 35.0 Å². The van der Waals surface area contributed by atoms with E-state index in [0.29, 0.717) is 18.4 Å². The van der Waals surface area contributed by atoms with Crippen LogP contribution in [-0.2, 0) is 12.6 Å². The molecule has 2 aliphatic rings. The molecule has 0 bridgehead atoms. The number of fused-ring (bicyclic) bond motifs is 4. The van der Waals surface area contributed by atoms with E-state index in [4.69, 9.17) is 5.73 Å². The average molecular weight is 365 g/mol. The fourth-order valence-corrected chi connectivity index (χ4v) is 5.04. The molecule has 2 heterocycles. The highest BCUT2D eigenvalue weighted by Gasteiger charge is 2.40. The number of aromatic nitrogens is 1. The van der Waals surface area contributed by atoms with Crippen LogP contribution >= 0.6 is 0 Å². The van der Waals surface area contributed by atoms with Crippen LogP contribution in [0.5, 0.6) is 0 Å². The zero-order valence-corrected chi connectivity index (χ0v) is 15.1. The van der Waals surface area contributed by atoms with Gasteiger partial charge in [-0.25, -0.2) is 0 Å². The van der Waals surface area contributed by atoms with E-state index in [1.165, 1.54) is 12.1 Å². The van der Waals surface area contributed by atoms with E-state index in [1.54, 1.807) is 6.07 Å². The molecule has 26 heavy (non-hydrogen) atoms. The molecule has 3 nitrogen and oxygen atoms in total. The largest absolute Gasteiger partial charge is 0.416 e. The van der Waals surface area contributed by atoms with Gasteiger partial charge in [-0.15, -0.1) is 0 Å². The molecule has 1 fully saturated rings. The smallest absolute Gasteiger partial charge is 0.358 e. The maximum Gasteiger partial charge on any atom is 0.416 e. The van der Waals surface area contributed by atoms with Crippen LogP contribution in [0.25, 0.3) is 10.9 Å². The van der Waals surface area contributed by atoms with E-state index in [0.717, 1.165) is 61.1 Å². The van der Waals surface area contributed by atoms with Crippen LogP contribution in [0.1, 0.15) is 42.5 Å². The second-order valence-electron chi connectivity index (χ2n) is 7.92. The van der Waals surface area contributed by atoms with E-state index in [-0.39, 0.29) is 5.92 Å². The van der Waals surface area contributed by atoms with Gasteiger partial charge in [-0.3, -0.25) is 0 Å². The number of hydrogen-bond donors (Lipinski definition) is 2. The summed E-state index contributed by atoms with van der Waals surface area (Å²) < 4.78 is 39.5. The lowest BCUT2D eigenvalue weighted by molar-refractivity contribution is -0.137. The maximum atomic E-state index is 13.2. The second-order valence-corrected chi connectivity index (χ2v) is 7.92. The predicted octanol–water partition coefficient (Wildman–Crippen LogP) is 4.13. The quantitative estimate of drug-likeness (QED) is 0.859. The van der Waals surface area contributed by atoms with E-state index in [2.05, 4.69) is 16.8 Å². The summed E-state index contributed by atoms with van der Waals surface area (Å²) in [5.74, 6) is 1.38. The Balaban J connectivity index is 1.68. The standard InChI is InChI=1S/C20H26F3N3/c1-12-16-11-26(7-2-6-24)8-5-13(16)9-18-19(12)15-10-14(20(21,22)23)3-4-17(15)25-18/h3-4,10,12-13,16,25H,2,5-9,11,24H2,1H3/t12?,13?,16-/m1/s1. The molecule has 3 atom stereocenters. The van der Waals surface area contributed by atoms with Gasteiger partial charge in [-0.1, -0.05) is 6.92 Å². The number of rotatable bonds is 3. The Labute approximate surface area is 151 Å². The third-order valence-corrected chi connectivity index (χ3v) is 6.38. The SMILES string of the molecule is CC1c2c([nH]c3ccc(C(F)(F)F)cc23)CC2CCN(CCCN)C[C@@H]21. The van der Waals surface area contributed by atoms with Crippen LogP contribution in [0.2, 0.25) is 0 Å². The van der Waals surface area contributed by atoms with Gasteiger partial charge in [0.25, 0.3) is 0 Å². The highest BCUT2D eigenvalue weighted by atomic mass is 19.4. The van der Waals surface area contributed by atoms with Crippen LogP contribution < -0.4 is 5.73 Å². The topological polar surface area (TPSA) is 45.0 Å². The van der Waals surface area contributed by atoms with Crippen LogP contribution in [0.3, 0.4) is 0 Å². The third-order valence-electron chi connectivity index (χ3n) is 6.38. The summed E-state index contributed by atoms with van der Waals surface area (Å²) in [6.45, 7) is 6.03. The van der Waals surface area contributed by atoms with Gasteiger partial charge in [-0.2, -0.15) is 13.2 Å². The number of aromatic amines is 1. The van der Waals surface area contributed by atoms with Crippen molar-refractivity contribution in [1.29, 1.82) is 0 Å². The van der Waals surface area contributed by atoms with Crippen LogP contribution in [0.4, 0.5) is 13.2 Å². The summed E-state index contributed by atoms with van der Waals surface area (Å²) in [7, 11) is 0. The normalized spacial score (nSPS) is 26.7. The molecule has 1 aliphatic heterocycles. The number of benzene rings is 1. The number of piperidine rings is 1. The van der Waals surface area contributed by atoms with E-state index >= 15 is 0 Å². The Morgan fingerprint density at radius 3 is 2.85 bits per heavy atom. The predicted molar refractivity (Wildman–Crippen MR) is 97.1 cm³/mol. The molecule has 1 aromatic heterocycles. The van der Waals surface area contributed by atoms with Gasteiger partial charge >= 0.3 is 6.18 Å². The van der Waals surface area contributed by atoms with Crippen molar-refractivity contribution in [3.63, 3.8) is 0 Å². The van der Waals surface area contributed by atoms with Crippen LogP contribution in [-0.4, -0.2) is 36.1 Å². The van der Waals surface area contributed by atoms with Crippen LogP contribution in [0, 0.1) is 11.8 Å². The summed E-state index contributed by atoms with van der Waals surface area (Å²) >= 11 is 0. The van der Waals surface area contributed by atoms with Crippen molar-refractivity contribution >= 4 is 10.9 Å². The van der Waals surface area contributed by atoms with Gasteiger partial charge in [0.1, 0.15) is 0 Å². The lowest BCUT2D eigenvalue weighted by atomic mass is 9.68. The first-order chi connectivity index (χ1) is 12.4. The van der Waals surface area contributed by atoms with E-state index in [9.17, 15) is 13.2 Å². The molecule has 142 valence electrons. The highest BCUT2D eigenvalue weighted by Crippen LogP contribution is 2.46. The van der Waals surface area contributed by atoms with Crippen molar-refractivity contribution in [2.24, 2.45) is 17.6 Å². The molecule has 0 saturated carbocycles. The average Bonchev–Trinajstić information content (AvgIpc) is 2.97. The molecule has 4 rings (SSSR count). The molecule has 3 N–H and O–H groups in total. The number of nitrogens with one attached hydrogen (secondary N) is 1. The zero-order valence-electron chi connectivity index (χ0n) is 15.1. The summed E-state index contributed by atoms with van der Waals surface area (Å²) in [6, 6.07) is 4.09. The molecule has 0 radical (unpaired) electrons. The number of alkyl halides is 3. The highest BCUT2D eigenvalue weighted by molar-refractivity contribution is 5.86. The van der Waals surface area contributed by atoms with Crippen molar-refractivity contribution in [1.82, 2.24) is 9.88 Å². The maximum absolute atomic E-state index is 13.2. The Hall–Kier alpha value is -1.53. The van der Waals surface area contributed by atoms with Gasteiger partial charge < -0.3 is 15.6 Å². The first-order valence-corrected chi connectivity index (χ1v) is 9.52. The minimum absolute atomic E-state index is 0.265. The molecule has 2 aromatic rings. The summed E-state index contributed by atoms with van der Waals surface area (Å²) in [6.07, 6.45) is -1.20. The zero-order chi connectivity index (χ0) is 18.5. The van der Waals surface area contributed by atoms with Crippen molar-refractivity contribution < 1.29 is 13.2 Å². The Kier molecular flexibility index (Phi) is 4.51. The number of likely N-dealkylation sites (tertiary alicyclic amines) is 1. The van der Waals surface area contributed by atoms with E-state index in [1.807, 2.05) is 0 Å². The molecule has 1 aromatic carbocycles.